The first-order valence-corrected chi connectivity index (χ1v) is 11.4. The smallest absolute Gasteiger partial charge is 0.291 e. The van der Waals surface area contributed by atoms with Crippen molar-refractivity contribution in [3.8, 4) is 0 Å². The van der Waals surface area contributed by atoms with Gasteiger partial charge in [-0.05, 0) is 44.8 Å². The zero-order valence-electron chi connectivity index (χ0n) is 17.2. The van der Waals surface area contributed by atoms with Gasteiger partial charge in [0.1, 0.15) is 0 Å². The summed E-state index contributed by atoms with van der Waals surface area (Å²) in [6, 6.07) is 0. The van der Waals surface area contributed by atoms with Crippen molar-refractivity contribution in [1.29, 1.82) is 0 Å². The van der Waals surface area contributed by atoms with E-state index in [9.17, 15) is 4.79 Å². The molecule has 1 amide bonds. The van der Waals surface area contributed by atoms with Crippen LogP contribution in [0.1, 0.15) is 53.7 Å². The highest BCUT2D eigenvalue weighted by Gasteiger charge is 2.38. The maximum Gasteiger partial charge on any atom is 0.291 e. The van der Waals surface area contributed by atoms with Gasteiger partial charge in [-0.15, -0.1) is 0 Å². The molecule has 2 unspecified atom stereocenters. The Balaban J connectivity index is 1.01. The summed E-state index contributed by atoms with van der Waals surface area (Å²) >= 11 is 0. The Labute approximate surface area is 176 Å². The van der Waals surface area contributed by atoms with E-state index in [1.165, 1.54) is 5.71 Å². The average Bonchev–Trinajstić information content (AvgIpc) is 3.39. The van der Waals surface area contributed by atoms with Crippen molar-refractivity contribution < 1.29 is 14.0 Å². The number of likely N-dealkylation sites (tertiary alicyclic amines) is 1. The van der Waals surface area contributed by atoms with Crippen molar-refractivity contribution in [3.63, 3.8) is 0 Å². The van der Waals surface area contributed by atoms with E-state index >= 15 is 0 Å². The second kappa shape index (κ2) is 7.38. The van der Waals surface area contributed by atoms with Gasteiger partial charge < -0.3 is 19.1 Å². The van der Waals surface area contributed by atoms with Crippen LogP contribution in [0.3, 0.4) is 0 Å². The minimum absolute atomic E-state index is 0.0196. The number of piperidine rings is 1. The molecule has 3 aliphatic heterocycles. The first kappa shape index (κ1) is 18.4. The lowest BCUT2D eigenvalue weighted by molar-refractivity contribution is 0.0672. The van der Waals surface area contributed by atoms with Crippen LogP contribution in [0.15, 0.2) is 33.9 Å². The molecule has 0 spiro atoms. The van der Waals surface area contributed by atoms with Crippen LogP contribution in [0.25, 0.3) is 0 Å². The van der Waals surface area contributed by atoms with Gasteiger partial charge in [0.05, 0.1) is 17.3 Å². The van der Waals surface area contributed by atoms with Crippen molar-refractivity contribution in [1.82, 2.24) is 14.8 Å². The topological polar surface area (TPSA) is 71.2 Å². The van der Waals surface area contributed by atoms with E-state index in [0.29, 0.717) is 23.5 Å². The van der Waals surface area contributed by atoms with Gasteiger partial charge in [-0.25, -0.2) is 4.98 Å². The Morgan fingerprint density at radius 3 is 2.67 bits per heavy atom. The predicted octanol–water partition coefficient (Wildman–Crippen LogP) is 2.76. The fourth-order valence-corrected chi connectivity index (χ4v) is 5.11. The molecule has 2 aliphatic carbocycles. The Kier molecular flexibility index (Phi) is 4.52. The first-order valence-electron chi connectivity index (χ1n) is 11.4. The summed E-state index contributed by atoms with van der Waals surface area (Å²) in [5.41, 5.74) is 2.08. The van der Waals surface area contributed by atoms with Gasteiger partial charge in [-0.2, -0.15) is 0 Å². The molecular formula is C23H28N4O3. The van der Waals surface area contributed by atoms with Crippen molar-refractivity contribution in [2.45, 2.75) is 44.1 Å². The fraction of sp³-hybridized carbons (Fsp3) is 0.609. The van der Waals surface area contributed by atoms with Crippen LogP contribution in [-0.2, 0) is 11.3 Å². The second-order valence-corrected chi connectivity index (χ2v) is 9.14. The number of carbonyl (C=O) groups excluding carboxylic acids is 1. The summed E-state index contributed by atoms with van der Waals surface area (Å²) in [6.45, 7) is 4.50. The summed E-state index contributed by atoms with van der Waals surface area (Å²) < 4.78 is 5.83. The molecule has 7 heteroatoms. The molecule has 1 aromatic rings. The molecule has 6 rings (SSSR count). The Morgan fingerprint density at radius 2 is 1.83 bits per heavy atom. The predicted molar refractivity (Wildman–Crippen MR) is 111 cm³/mol. The number of allylic oxidation sites excluding steroid dienone is 2. The summed E-state index contributed by atoms with van der Waals surface area (Å²) in [6.07, 6.45) is 13.8. The standard InChI is InChI=1S/C23H28N4O3/c28-23-21-18(24-22(29-21)16-5-6-16)9-12-27(23)14-13-26-10-7-15(8-11-26)20-17-3-1-2-4-19(17)30-25-20/h1-4,15-17,19H,5-14H2. The van der Waals surface area contributed by atoms with Crippen molar-refractivity contribution in [2.24, 2.45) is 17.0 Å². The van der Waals surface area contributed by atoms with E-state index < -0.39 is 0 Å². The molecule has 7 nitrogen and oxygen atoms in total. The molecule has 0 aromatic carbocycles. The summed E-state index contributed by atoms with van der Waals surface area (Å²) in [5, 5.41) is 4.42. The minimum atomic E-state index is 0.0196. The SMILES string of the molecule is O=C1c2oc(C3CC3)nc2CCN1CCN1CCC(C2=NOC3C=CC=CC23)CC1. The van der Waals surface area contributed by atoms with E-state index in [0.717, 1.165) is 76.4 Å². The van der Waals surface area contributed by atoms with Crippen LogP contribution in [0.5, 0.6) is 0 Å². The summed E-state index contributed by atoms with van der Waals surface area (Å²) in [7, 11) is 0. The van der Waals surface area contributed by atoms with Crippen LogP contribution in [0.4, 0.5) is 0 Å². The number of aromatic nitrogens is 1. The molecule has 0 radical (unpaired) electrons. The van der Waals surface area contributed by atoms with Gasteiger partial charge in [0.15, 0.2) is 12.0 Å². The number of amides is 1. The van der Waals surface area contributed by atoms with Gasteiger partial charge >= 0.3 is 0 Å². The molecule has 0 N–H and O–H groups in total. The van der Waals surface area contributed by atoms with E-state index in [4.69, 9.17) is 9.25 Å². The normalized spacial score (nSPS) is 29.0. The van der Waals surface area contributed by atoms with Gasteiger partial charge in [-0.3, -0.25) is 4.79 Å². The first-order chi connectivity index (χ1) is 14.8. The minimum Gasteiger partial charge on any atom is -0.435 e. The Hall–Kier alpha value is -2.41. The molecular weight excluding hydrogens is 380 g/mol. The molecule has 158 valence electrons. The number of hydrogen-bond acceptors (Lipinski definition) is 6. The number of oxime groups is 1. The third kappa shape index (κ3) is 3.29. The average molecular weight is 409 g/mol. The maximum absolute atomic E-state index is 12.8. The van der Waals surface area contributed by atoms with Crippen LogP contribution in [0.2, 0.25) is 0 Å². The van der Waals surface area contributed by atoms with Crippen molar-refractivity contribution >= 4 is 11.6 Å². The Morgan fingerprint density at radius 1 is 1.00 bits per heavy atom. The zero-order valence-corrected chi connectivity index (χ0v) is 17.2. The number of carbonyl (C=O) groups is 1. The fourth-order valence-electron chi connectivity index (χ4n) is 5.11. The molecule has 30 heavy (non-hydrogen) atoms. The lowest BCUT2D eigenvalue weighted by Crippen LogP contribution is -2.45. The Bertz CT molecular complexity index is 921. The van der Waals surface area contributed by atoms with Gasteiger partial charge in [-0.1, -0.05) is 23.4 Å². The zero-order chi connectivity index (χ0) is 20.1. The largest absolute Gasteiger partial charge is 0.435 e. The van der Waals surface area contributed by atoms with Crippen LogP contribution < -0.4 is 0 Å². The molecule has 1 aromatic heterocycles. The highest BCUT2D eigenvalue weighted by molar-refractivity contribution is 5.93. The van der Waals surface area contributed by atoms with Crippen LogP contribution >= 0.6 is 0 Å². The quantitative estimate of drug-likeness (QED) is 0.749. The number of rotatable bonds is 5. The summed E-state index contributed by atoms with van der Waals surface area (Å²) in [4.78, 5) is 27.4. The van der Waals surface area contributed by atoms with Crippen molar-refractivity contribution in [2.75, 3.05) is 32.7 Å². The number of nitrogens with zero attached hydrogens (tertiary/aromatic N) is 4. The molecule has 0 bridgehead atoms. The third-order valence-corrected chi connectivity index (χ3v) is 7.14. The highest BCUT2D eigenvalue weighted by atomic mass is 16.6. The second-order valence-electron chi connectivity index (χ2n) is 9.14. The summed E-state index contributed by atoms with van der Waals surface area (Å²) in [5.74, 6) is 2.55. The van der Waals surface area contributed by atoms with E-state index in [1.807, 2.05) is 11.0 Å². The molecule has 2 atom stereocenters. The number of oxazole rings is 1. The maximum atomic E-state index is 12.8. The number of fused-ring (bicyclic) bond motifs is 2. The molecule has 2 fully saturated rings. The van der Waals surface area contributed by atoms with E-state index in [1.54, 1.807) is 0 Å². The lowest BCUT2D eigenvalue weighted by Gasteiger charge is -2.34. The molecule has 1 saturated carbocycles. The van der Waals surface area contributed by atoms with Gasteiger partial charge in [0, 0.05) is 37.9 Å². The van der Waals surface area contributed by atoms with Crippen LogP contribution in [0, 0.1) is 11.8 Å². The molecule has 4 heterocycles. The van der Waals surface area contributed by atoms with E-state index in [-0.39, 0.29) is 12.0 Å². The van der Waals surface area contributed by atoms with Crippen molar-refractivity contribution in [3.05, 3.63) is 41.6 Å². The van der Waals surface area contributed by atoms with Crippen LogP contribution in [-0.4, -0.2) is 65.2 Å². The lowest BCUT2D eigenvalue weighted by atomic mass is 9.82. The highest BCUT2D eigenvalue weighted by Crippen LogP contribution is 2.40. The monoisotopic (exact) mass is 408 g/mol. The van der Waals surface area contributed by atoms with Gasteiger partial charge in [0.25, 0.3) is 5.91 Å². The molecule has 5 aliphatic rings. The number of hydrogen-bond donors (Lipinski definition) is 0. The third-order valence-electron chi connectivity index (χ3n) is 7.14. The molecule has 1 saturated heterocycles. The van der Waals surface area contributed by atoms with E-state index in [2.05, 4.69) is 33.3 Å². The van der Waals surface area contributed by atoms with Gasteiger partial charge in [0.2, 0.25) is 5.76 Å².